The number of hydrogen-bond donors (Lipinski definition) is 1. The first-order chi connectivity index (χ1) is 8.34. The third-order valence-corrected chi connectivity index (χ3v) is 4.08. The Morgan fingerprint density at radius 3 is 2.71 bits per heavy atom. The first-order valence-electron chi connectivity index (χ1n) is 5.74. The summed E-state index contributed by atoms with van der Waals surface area (Å²) < 4.78 is 0. The summed E-state index contributed by atoms with van der Waals surface area (Å²) in [5.41, 5.74) is 0.884. The van der Waals surface area contributed by atoms with E-state index in [-0.39, 0.29) is 11.8 Å². The van der Waals surface area contributed by atoms with Gasteiger partial charge in [-0.1, -0.05) is 24.3 Å². The molecule has 1 saturated carbocycles. The Kier molecular flexibility index (Phi) is 2.69. The Hall–Kier alpha value is -1.61. The summed E-state index contributed by atoms with van der Waals surface area (Å²) in [6, 6.07) is 13.8. The van der Waals surface area contributed by atoms with E-state index in [9.17, 15) is 4.79 Å². The van der Waals surface area contributed by atoms with Gasteiger partial charge in [-0.2, -0.15) is 0 Å². The van der Waals surface area contributed by atoms with E-state index in [2.05, 4.69) is 16.8 Å². The van der Waals surface area contributed by atoms with Crippen molar-refractivity contribution in [1.29, 1.82) is 0 Å². The van der Waals surface area contributed by atoms with Gasteiger partial charge in [0.05, 0.1) is 0 Å². The summed E-state index contributed by atoms with van der Waals surface area (Å²) in [6.45, 7) is 0. The van der Waals surface area contributed by atoms with Crippen molar-refractivity contribution in [3.05, 3.63) is 52.7 Å². The highest BCUT2D eigenvalue weighted by molar-refractivity contribution is 7.10. The summed E-state index contributed by atoms with van der Waals surface area (Å²) >= 11 is 1.74. The van der Waals surface area contributed by atoms with Crippen molar-refractivity contribution < 1.29 is 4.79 Å². The second-order valence-electron chi connectivity index (χ2n) is 4.32. The predicted octanol–water partition coefficient (Wildman–Crippen LogP) is 3.49. The monoisotopic (exact) mass is 243 g/mol. The molecule has 17 heavy (non-hydrogen) atoms. The van der Waals surface area contributed by atoms with E-state index in [1.165, 1.54) is 4.88 Å². The van der Waals surface area contributed by atoms with Gasteiger partial charge < -0.3 is 5.32 Å². The SMILES string of the molecule is O=C(Nc1ccccc1)C1CC1c1cccs1. The van der Waals surface area contributed by atoms with Gasteiger partial charge in [0.15, 0.2) is 0 Å². The van der Waals surface area contributed by atoms with E-state index in [0.29, 0.717) is 5.92 Å². The van der Waals surface area contributed by atoms with Gasteiger partial charge in [-0.3, -0.25) is 4.79 Å². The fourth-order valence-electron chi connectivity index (χ4n) is 2.06. The number of benzene rings is 1. The molecule has 3 rings (SSSR count). The molecule has 1 aromatic carbocycles. The quantitative estimate of drug-likeness (QED) is 0.878. The highest BCUT2D eigenvalue weighted by atomic mass is 32.1. The number of amides is 1. The number of hydrogen-bond acceptors (Lipinski definition) is 2. The molecule has 0 radical (unpaired) electrons. The lowest BCUT2D eigenvalue weighted by Gasteiger charge is -2.03. The smallest absolute Gasteiger partial charge is 0.228 e. The fraction of sp³-hybridized carbons (Fsp3) is 0.214. The maximum atomic E-state index is 12.0. The van der Waals surface area contributed by atoms with Crippen LogP contribution in [0.1, 0.15) is 17.2 Å². The third-order valence-electron chi connectivity index (χ3n) is 3.08. The van der Waals surface area contributed by atoms with Crippen LogP contribution in [0, 0.1) is 5.92 Å². The van der Waals surface area contributed by atoms with Crippen LogP contribution in [0.4, 0.5) is 5.69 Å². The third kappa shape index (κ3) is 2.24. The van der Waals surface area contributed by atoms with Crippen LogP contribution >= 0.6 is 11.3 Å². The summed E-state index contributed by atoms with van der Waals surface area (Å²) in [4.78, 5) is 13.3. The van der Waals surface area contributed by atoms with Gasteiger partial charge >= 0.3 is 0 Å². The lowest BCUT2D eigenvalue weighted by Crippen LogP contribution is -2.14. The first kappa shape index (κ1) is 10.5. The van der Waals surface area contributed by atoms with Crippen molar-refractivity contribution in [2.24, 2.45) is 5.92 Å². The summed E-state index contributed by atoms with van der Waals surface area (Å²) in [5, 5.41) is 5.03. The Morgan fingerprint density at radius 1 is 1.18 bits per heavy atom. The van der Waals surface area contributed by atoms with Gasteiger partial charge in [0.1, 0.15) is 0 Å². The van der Waals surface area contributed by atoms with Crippen molar-refractivity contribution >= 4 is 22.9 Å². The van der Waals surface area contributed by atoms with Crippen LogP contribution < -0.4 is 5.32 Å². The van der Waals surface area contributed by atoms with Crippen molar-refractivity contribution in [3.63, 3.8) is 0 Å². The topological polar surface area (TPSA) is 29.1 Å². The molecule has 1 aromatic heterocycles. The fourth-order valence-corrected chi connectivity index (χ4v) is 2.96. The normalized spacial score (nSPS) is 22.1. The maximum Gasteiger partial charge on any atom is 0.228 e. The Morgan fingerprint density at radius 2 is 2.00 bits per heavy atom. The second-order valence-corrected chi connectivity index (χ2v) is 5.30. The van der Waals surface area contributed by atoms with Crippen LogP contribution in [0.3, 0.4) is 0 Å². The number of anilines is 1. The maximum absolute atomic E-state index is 12.0. The molecule has 0 spiro atoms. The molecule has 0 aliphatic heterocycles. The molecule has 1 heterocycles. The van der Waals surface area contributed by atoms with Gasteiger partial charge in [0.2, 0.25) is 5.91 Å². The minimum atomic E-state index is 0.148. The van der Waals surface area contributed by atoms with Gasteiger partial charge in [0, 0.05) is 22.4 Å². The molecule has 1 aliphatic rings. The van der Waals surface area contributed by atoms with Crippen LogP contribution in [0.2, 0.25) is 0 Å². The molecule has 1 amide bonds. The van der Waals surface area contributed by atoms with Crippen LogP contribution in [0.15, 0.2) is 47.8 Å². The van der Waals surface area contributed by atoms with E-state index in [1.54, 1.807) is 11.3 Å². The average Bonchev–Trinajstić information content (AvgIpc) is 2.98. The molecule has 2 nitrogen and oxygen atoms in total. The van der Waals surface area contributed by atoms with E-state index < -0.39 is 0 Å². The largest absolute Gasteiger partial charge is 0.326 e. The molecule has 1 N–H and O–H groups in total. The number of carbonyl (C=O) groups is 1. The van der Waals surface area contributed by atoms with Gasteiger partial charge in [0.25, 0.3) is 0 Å². The van der Waals surface area contributed by atoms with Crippen molar-refractivity contribution in [3.8, 4) is 0 Å². The summed E-state index contributed by atoms with van der Waals surface area (Å²) in [7, 11) is 0. The van der Waals surface area contributed by atoms with E-state index in [1.807, 2.05) is 36.4 Å². The van der Waals surface area contributed by atoms with Crippen LogP contribution in [0.5, 0.6) is 0 Å². The standard InChI is InChI=1S/C14H13NOS/c16-14(15-10-5-2-1-3-6-10)12-9-11(12)13-7-4-8-17-13/h1-8,11-12H,9H2,(H,15,16). The molecule has 2 aromatic rings. The molecule has 2 unspecified atom stereocenters. The zero-order chi connectivity index (χ0) is 11.7. The molecule has 1 fully saturated rings. The highest BCUT2D eigenvalue weighted by Crippen LogP contribution is 2.49. The summed E-state index contributed by atoms with van der Waals surface area (Å²) in [6.07, 6.45) is 0.985. The van der Waals surface area contributed by atoms with E-state index in [4.69, 9.17) is 0 Å². The van der Waals surface area contributed by atoms with Crippen LogP contribution in [-0.2, 0) is 4.79 Å². The predicted molar refractivity (Wildman–Crippen MR) is 70.2 cm³/mol. The lowest BCUT2D eigenvalue weighted by atomic mass is 10.2. The van der Waals surface area contributed by atoms with E-state index >= 15 is 0 Å². The number of nitrogens with one attached hydrogen (secondary N) is 1. The second kappa shape index (κ2) is 4.34. The van der Waals surface area contributed by atoms with Crippen molar-refractivity contribution in [2.75, 3.05) is 5.32 Å². The number of thiophene rings is 1. The highest BCUT2D eigenvalue weighted by Gasteiger charge is 2.44. The Bertz CT molecular complexity index is 506. The molecule has 0 saturated heterocycles. The molecule has 3 heteroatoms. The molecule has 2 atom stereocenters. The molecule has 86 valence electrons. The van der Waals surface area contributed by atoms with Gasteiger partial charge in [-0.25, -0.2) is 0 Å². The minimum Gasteiger partial charge on any atom is -0.326 e. The molecular formula is C14H13NOS. The van der Waals surface area contributed by atoms with Crippen molar-refractivity contribution in [2.45, 2.75) is 12.3 Å². The Balaban J connectivity index is 1.62. The molecule has 1 aliphatic carbocycles. The van der Waals surface area contributed by atoms with Crippen LogP contribution in [-0.4, -0.2) is 5.91 Å². The van der Waals surface area contributed by atoms with E-state index in [0.717, 1.165) is 12.1 Å². The Labute approximate surface area is 104 Å². The molecular weight excluding hydrogens is 230 g/mol. The van der Waals surface area contributed by atoms with Crippen LogP contribution in [0.25, 0.3) is 0 Å². The molecule has 0 bridgehead atoms. The van der Waals surface area contributed by atoms with Gasteiger partial charge in [-0.15, -0.1) is 11.3 Å². The zero-order valence-electron chi connectivity index (χ0n) is 9.30. The first-order valence-corrected chi connectivity index (χ1v) is 6.62. The minimum absolute atomic E-state index is 0.148. The van der Waals surface area contributed by atoms with Gasteiger partial charge in [-0.05, 0) is 30.0 Å². The van der Waals surface area contributed by atoms with Crippen molar-refractivity contribution in [1.82, 2.24) is 0 Å². The zero-order valence-corrected chi connectivity index (χ0v) is 10.1. The summed E-state index contributed by atoms with van der Waals surface area (Å²) in [5.74, 6) is 0.752. The average molecular weight is 243 g/mol. The lowest BCUT2D eigenvalue weighted by molar-refractivity contribution is -0.117. The number of para-hydroxylation sites is 1. The number of carbonyl (C=O) groups excluding carboxylic acids is 1. The number of rotatable bonds is 3.